The van der Waals surface area contributed by atoms with Gasteiger partial charge in [-0.25, -0.2) is 4.90 Å². The largest absolute Gasteiger partial charge is 0.493 e. The van der Waals surface area contributed by atoms with Crippen molar-refractivity contribution in [3.8, 4) is 11.5 Å². The van der Waals surface area contributed by atoms with Gasteiger partial charge in [0.05, 0.1) is 23.3 Å². The second kappa shape index (κ2) is 10.1. The van der Waals surface area contributed by atoms with E-state index in [4.69, 9.17) is 21.1 Å². The van der Waals surface area contributed by atoms with E-state index < -0.39 is 22.9 Å². The van der Waals surface area contributed by atoms with Crippen molar-refractivity contribution in [2.75, 3.05) is 12.0 Å². The van der Waals surface area contributed by atoms with E-state index in [-0.39, 0.29) is 17.2 Å². The van der Waals surface area contributed by atoms with Crippen LogP contribution in [0.3, 0.4) is 0 Å². The van der Waals surface area contributed by atoms with E-state index in [1.165, 1.54) is 19.3 Å². The highest BCUT2D eigenvalue weighted by atomic mass is 35.5. The number of methoxy groups -OCH3 is 1. The van der Waals surface area contributed by atoms with E-state index in [2.05, 4.69) is 0 Å². The lowest BCUT2D eigenvalue weighted by Crippen LogP contribution is -2.28. The molecular formula is C25H17ClF3NO4S. The smallest absolute Gasteiger partial charge is 0.416 e. The molecule has 1 aliphatic rings. The fourth-order valence-electron chi connectivity index (χ4n) is 3.30. The Bertz CT molecular complexity index is 1310. The van der Waals surface area contributed by atoms with Crippen molar-refractivity contribution in [1.82, 2.24) is 0 Å². The van der Waals surface area contributed by atoms with Crippen LogP contribution in [0.25, 0.3) is 6.08 Å². The fourth-order valence-corrected chi connectivity index (χ4v) is 4.27. The van der Waals surface area contributed by atoms with Gasteiger partial charge in [-0.3, -0.25) is 9.59 Å². The monoisotopic (exact) mass is 519 g/mol. The van der Waals surface area contributed by atoms with Crippen LogP contribution in [0.5, 0.6) is 11.5 Å². The van der Waals surface area contributed by atoms with E-state index in [1.807, 2.05) is 12.1 Å². The average molecular weight is 520 g/mol. The van der Waals surface area contributed by atoms with Gasteiger partial charge in [0.2, 0.25) is 0 Å². The SMILES string of the molecule is COc1cc(/C=C2\SC(=O)N(c3cccc(C(F)(F)F)c3)C2=O)ccc1OCc1ccc(Cl)cc1. The van der Waals surface area contributed by atoms with Gasteiger partial charge in [0.25, 0.3) is 11.1 Å². The Balaban J connectivity index is 1.54. The minimum absolute atomic E-state index is 0.0734. The zero-order chi connectivity index (χ0) is 25.2. The third-order valence-electron chi connectivity index (χ3n) is 5.02. The van der Waals surface area contributed by atoms with Crippen LogP contribution in [0.4, 0.5) is 23.7 Å². The standard InChI is InChI=1S/C25H17ClF3NO4S/c1-33-21-11-16(7-10-20(21)34-14-15-5-8-18(26)9-6-15)12-22-23(31)30(24(32)35-22)19-4-2-3-17(13-19)25(27,28)29/h2-13H,14H2,1H3/b22-12-. The Hall–Kier alpha value is -3.43. The summed E-state index contributed by atoms with van der Waals surface area (Å²) in [7, 11) is 1.47. The molecular weight excluding hydrogens is 503 g/mol. The summed E-state index contributed by atoms with van der Waals surface area (Å²) in [4.78, 5) is 26.1. The molecule has 4 rings (SSSR count). The average Bonchev–Trinajstić information content (AvgIpc) is 3.11. The Morgan fingerprint density at radius 1 is 1.00 bits per heavy atom. The molecule has 0 N–H and O–H groups in total. The number of nitrogens with zero attached hydrogens (tertiary/aromatic N) is 1. The summed E-state index contributed by atoms with van der Waals surface area (Å²) in [6, 6.07) is 16.2. The van der Waals surface area contributed by atoms with Gasteiger partial charge in [0, 0.05) is 5.02 Å². The molecule has 1 fully saturated rings. The van der Waals surface area contributed by atoms with Crippen LogP contribution in [0.15, 0.2) is 71.6 Å². The zero-order valence-electron chi connectivity index (χ0n) is 18.1. The van der Waals surface area contributed by atoms with E-state index in [0.717, 1.165) is 28.7 Å². The first-order valence-electron chi connectivity index (χ1n) is 10.2. The van der Waals surface area contributed by atoms with Crippen molar-refractivity contribution in [3.05, 3.63) is 93.3 Å². The molecule has 0 saturated carbocycles. The zero-order valence-corrected chi connectivity index (χ0v) is 19.7. The second-order valence-corrected chi connectivity index (χ2v) is 8.82. The highest BCUT2D eigenvalue weighted by Crippen LogP contribution is 2.39. The number of rotatable bonds is 6. The van der Waals surface area contributed by atoms with Crippen LogP contribution in [0, 0.1) is 0 Å². The number of amides is 2. The van der Waals surface area contributed by atoms with Gasteiger partial charge in [-0.15, -0.1) is 0 Å². The molecule has 0 aromatic heterocycles. The molecule has 0 bridgehead atoms. The lowest BCUT2D eigenvalue weighted by Gasteiger charge is -2.15. The first kappa shape index (κ1) is 24.7. The van der Waals surface area contributed by atoms with Gasteiger partial charge in [0.1, 0.15) is 6.61 Å². The number of benzene rings is 3. The third kappa shape index (κ3) is 5.63. The van der Waals surface area contributed by atoms with Gasteiger partial charge in [-0.05, 0) is 71.4 Å². The van der Waals surface area contributed by atoms with Crippen LogP contribution >= 0.6 is 23.4 Å². The van der Waals surface area contributed by atoms with Gasteiger partial charge in [-0.1, -0.05) is 35.9 Å². The lowest BCUT2D eigenvalue weighted by molar-refractivity contribution is -0.137. The molecule has 3 aromatic carbocycles. The molecule has 180 valence electrons. The summed E-state index contributed by atoms with van der Waals surface area (Å²) in [6.45, 7) is 0.281. The number of hydrogen-bond donors (Lipinski definition) is 0. The summed E-state index contributed by atoms with van der Waals surface area (Å²) in [5, 5.41) is -0.0661. The quantitative estimate of drug-likeness (QED) is 0.323. The molecule has 10 heteroatoms. The van der Waals surface area contributed by atoms with Crippen LogP contribution in [-0.4, -0.2) is 18.3 Å². The van der Waals surface area contributed by atoms with Crippen LogP contribution in [-0.2, 0) is 17.6 Å². The number of imide groups is 1. The second-order valence-electron chi connectivity index (χ2n) is 7.39. The Labute approximate surface area is 208 Å². The van der Waals surface area contributed by atoms with Crippen molar-refractivity contribution < 1.29 is 32.2 Å². The predicted molar refractivity (Wildman–Crippen MR) is 129 cm³/mol. The molecule has 1 aliphatic heterocycles. The number of carbonyl (C=O) groups is 2. The summed E-state index contributed by atoms with van der Waals surface area (Å²) >= 11 is 6.54. The minimum atomic E-state index is -4.60. The molecule has 5 nitrogen and oxygen atoms in total. The van der Waals surface area contributed by atoms with Crippen molar-refractivity contribution >= 4 is 46.3 Å². The summed E-state index contributed by atoms with van der Waals surface area (Å²) in [6.07, 6.45) is -3.12. The number of carbonyl (C=O) groups excluding carboxylic acids is 2. The van der Waals surface area contributed by atoms with E-state index in [9.17, 15) is 22.8 Å². The highest BCUT2D eigenvalue weighted by Gasteiger charge is 2.38. The van der Waals surface area contributed by atoms with Gasteiger partial charge >= 0.3 is 6.18 Å². The van der Waals surface area contributed by atoms with Gasteiger partial charge in [0.15, 0.2) is 11.5 Å². The number of thioether (sulfide) groups is 1. The van der Waals surface area contributed by atoms with E-state index in [1.54, 1.807) is 30.3 Å². The number of anilines is 1. The minimum Gasteiger partial charge on any atom is -0.493 e. The molecule has 35 heavy (non-hydrogen) atoms. The van der Waals surface area contributed by atoms with Crippen molar-refractivity contribution in [3.63, 3.8) is 0 Å². The predicted octanol–water partition coefficient (Wildman–Crippen LogP) is 7.19. The highest BCUT2D eigenvalue weighted by molar-refractivity contribution is 8.19. The van der Waals surface area contributed by atoms with Gasteiger partial charge in [-0.2, -0.15) is 13.2 Å². The maximum Gasteiger partial charge on any atom is 0.416 e. The molecule has 0 radical (unpaired) electrons. The molecule has 0 atom stereocenters. The number of ether oxygens (including phenoxy) is 2. The van der Waals surface area contributed by atoms with Crippen LogP contribution in [0.1, 0.15) is 16.7 Å². The Morgan fingerprint density at radius 2 is 1.74 bits per heavy atom. The maximum atomic E-state index is 13.1. The van der Waals surface area contributed by atoms with E-state index >= 15 is 0 Å². The maximum absolute atomic E-state index is 13.1. The van der Waals surface area contributed by atoms with E-state index in [0.29, 0.717) is 33.8 Å². The first-order chi connectivity index (χ1) is 16.7. The Morgan fingerprint density at radius 3 is 2.43 bits per heavy atom. The molecule has 0 unspecified atom stereocenters. The van der Waals surface area contributed by atoms with Crippen LogP contribution < -0.4 is 14.4 Å². The third-order valence-corrected chi connectivity index (χ3v) is 6.14. The van der Waals surface area contributed by atoms with Gasteiger partial charge < -0.3 is 9.47 Å². The molecule has 1 heterocycles. The van der Waals surface area contributed by atoms with Crippen molar-refractivity contribution in [1.29, 1.82) is 0 Å². The van der Waals surface area contributed by atoms with Crippen molar-refractivity contribution in [2.45, 2.75) is 12.8 Å². The lowest BCUT2D eigenvalue weighted by atomic mass is 10.1. The van der Waals surface area contributed by atoms with Crippen LogP contribution in [0.2, 0.25) is 5.02 Å². The van der Waals surface area contributed by atoms with Crippen molar-refractivity contribution in [2.24, 2.45) is 0 Å². The Kier molecular flexibility index (Phi) is 7.09. The summed E-state index contributed by atoms with van der Waals surface area (Å²) < 4.78 is 50.4. The normalized spacial score (nSPS) is 15.1. The fraction of sp³-hybridized carbons (Fsp3) is 0.120. The molecule has 0 spiro atoms. The molecule has 3 aromatic rings. The molecule has 2 amide bonds. The summed E-state index contributed by atoms with van der Waals surface area (Å²) in [5.74, 6) is 0.169. The number of halogens is 4. The first-order valence-corrected chi connectivity index (χ1v) is 11.4. The topological polar surface area (TPSA) is 55.8 Å². The number of hydrogen-bond acceptors (Lipinski definition) is 5. The molecule has 1 saturated heterocycles. The summed E-state index contributed by atoms with van der Waals surface area (Å²) in [5.41, 5.74) is 0.366. The molecule has 0 aliphatic carbocycles. The number of alkyl halides is 3.